The number of aromatic nitrogens is 2. The van der Waals surface area contributed by atoms with Gasteiger partial charge in [-0.2, -0.15) is 5.10 Å². The molecule has 3 rings (SSSR count). The summed E-state index contributed by atoms with van der Waals surface area (Å²) >= 11 is 0. The van der Waals surface area contributed by atoms with Crippen LogP contribution in [0.15, 0.2) is 36.7 Å². The zero-order chi connectivity index (χ0) is 18.0. The van der Waals surface area contributed by atoms with E-state index in [0.29, 0.717) is 12.1 Å². The molecule has 1 aromatic carbocycles. The van der Waals surface area contributed by atoms with Gasteiger partial charge in [0.2, 0.25) is 0 Å². The Morgan fingerprint density at radius 3 is 2.52 bits per heavy atom. The summed E-state index contributed by atoms with van der Waals surface area (Å²) in [5, 5.41) is 4.34. The summed E-state index contributed by atoms with van der Waals surface area (Å²) in [6, 6.07) is 8.41. The van der Waals surface area contributed by atoms with Crippen LogP contribution >= 0.6 is 0 Å². The third kappa shape index (κ3) is 3.86. The Labute approximate surface area is 150 Å². The number of anilines is 1. The molecule has 1 fully saturated rings. The first-order valence-corrected chi connectivity index (χ1v) is 9.00. The largest absolute Gasteiger partial charge is 0.371 e. The Balaban J connectivity index is 1.75. The molecule has 1 aliphatic rings. The van der Waals surface area contributed by atoms with Crippen molar-refractivity contribution in [3.63, 3.8) is 0 Å². The fourth-order valence-corrected chi connectivity index (χ4v) is 3.26. The van der Waals surface area contributed by atoms with Crippen LogP contribution in [-0.2, 0) is 12.1 Å². The minimum absolute atomic E-state index is 0.00623. The quantitative estimate of drug-likeness (QED) is 0.855. The lowest BCUT2D eigenvalue weighted by molar-refractivity contribution is 0.0785. The highest BCUT2D eigenvalue weighted by Crippen LogP contribution is 2.25. The highest BCUT2D eigenvalue weighted by atomic mass is 16.2. The molecule has 0 radical (unpaired) electrons. The van der Waals surface area contributed by atoms with Crippen molar-refractivity contribution in [1.29, 1.82) is 0 Å². The maximum absolute atomic E-state index is 12.8. The molecular weight excluding hydrogens is 312 g/mol. The molecule has 5 nitrogen and oxygen atoms in total. The van der Waals surface area contributed by atoms with Crippen LogP contribution in [0.5, 0.6) is 0 Å². The van der Waals surface area contributed by atoms with E-state index in [-0.39, 0.29) is 11.4 Å². The molecule has 0 N–H and O–H groups in total. The predicted octanol–water partition coefficient (Wildman–Crippen LogP) is 3.51. The van der Waals surface area contributed by atoms with E-state index in [0.717, 1.165) is 13.1 Å². The molecule has 1 aromatic heterocycles. The number of nitrogens with zero attached hydrogens (tertiary/aromatic N) is 4. The van der Waals surface area contributed by atoms with Gasteiger partial charge in [0.05, 0.1) is 17.3 Å². The lowest BCUT2D eigenvalue weighted by Gasteiger charge is -2.24. The topological polar surface area (TPSA) is 41.4 Å². The summed E-state index contributed by atoms with van der Waals surface area (Å²) < 4.78 is 1.84. The highest BCUT2D eigenvalue weighted by molar-refractivity contribution is 5.93. The minimum atomic E-state index is -0.126. The van der Waals surface area contributed by atoms with Gasteiger partial charge in [-0.15, -0.1) is 0 Å². The number of rotatable bonds is 4. The normalized spacial score (nSPS) is 14.8. The molecule has 0 bridgehead atoms. The Morgan fingerprint density at radius 2 is 1.88 bits per heavy atom. The lowest BCUT2D eigenvalue weighted by atomic mass is 10.1. The van der Waals surface area contributed by atoms with E-state index in [2.05, 4.69) is 49.0 Å². The van der Waals surface area contributed by atoms with Crippen molar-refractivity contribution in [3.8, 4) is 0 Å². The van der Waals surface area contributed by atoms with Crippen LogP contribution in [-0.4, -0.2) is 40.7 Å². The fraction of sp³-hybridized carbons (Fsp3) is 0.500. The number of hydrogen-bond acceptors (Lipinski definition) is 3. The van der Waals surface area contributed by atoms with Gasteiger partial charge in [-0.25, -0.2) is 0 Å². The second-order valence-corrected chi connectivity index (χ2v) is 7.83. The smallest absolute Gasteiger partial charge is 0.257 e. The second kappa shape index (κ2) is 6.90. The Bertz CT molecular complexity index is 738. The fourth-order valence-electron chi connectivity index (χ4n) is 3.26. The number of benzene rings is 1. The number of para-hydroxylation sites is 1. The Hall–Kier alpha value is -2.30. The highest BCUT2D eigenvalue weighted by Gasteiger charge is 2.21. The zero-order valence-corrected chi connectivity index (χ0v) is 15.7. The molecule has 1 amide bonds. The van der Waals surface area contributed by atoms with Crippen LogP contribution in [0.2, 0.25) is 0 Å². The molecule has 2 heterocycles. The summed E-state index contributed by atoms with van der Waals surface area (Å²) in [7, 11) is 1.86. The van der Waals surface area contributed by atoms with Crippen molar-refractivity contribution in [2.24, 2.45) is 0 Å². The van der Waals surface area contributed by atoms with Gasteiger partial charge in [0, 0.05) is 38.6 Å². The Kier molecular flexibility index (Phi) is 4.84. The van der Waals surface area contributed by atoms with E-state index in [1.54, 1.807) is 11.1 Å². The van der Waals surface area contributed by atoms with Crippen LogP contribution in [0.1, 0.15) is 49.5 Å². The summed E-state index contributed by atoms with van der Waals surface area (Å²) in [6.45, 7) is 9.03. The first-order chi connectivity index (χ1) is 11.9. The molecule has 5 heteroatoms. The van der Waals surface area contributed by atoms with Gasteiger partial charge in [-0.05, 0) is 45.2 Å². The first-order valence-electron chi connectivity index (χ1n) is 9.00. The number of carbonyl (C=O) groups excluding carboxylic acids is 1. The van der Waals surface area contributed by atoms with Crippen molar-refractivity contribution in [3.05, 3.63) is 47.8 Å². The molecule has 0 saturated carbocycles. The lowest BCUT2D eigenvalue weighted by Crippen LogP contribution is -2.28. The molecule has 134 valence electrons. The first kappa shape index (κ1) is 17.5. The van der Waals surface area contributed by atoms with Crippen molar-refractivity contribution in [1.82, 2.24) is 14.7 Å². The van der Waals surface area contributed by atoms with Crippen LogP contribution < -0.4 is 4.90 Å². The SMILES string of the molecule is CN(Cc1ccccc1N1CCCC1)C(=O)c1cnn(C(C)(C)C)c1. The monoisotopic (exact) mass is 340 g/mol. The summed E-state index contributed by atoms with van der Waals surface area (Å²) in [5.41, 5.74) is 2.96. The molecular formula is C20H28N4O. The van der Waals surface area contributed by atoms with E-state index in [1.807, 2.05) is 24.0 Å². The van der Waals surface area contributed by atoms with Gasteiger partial charge in [0.25, 0.3) is 5.91 Å². The van der Waals surface area contributed by atoms with Crippen LogP contribution in [0, 0.1) is 0 Å². The van der Waals surface area contributed by atoms with E-state index < -0.39 is 0 Å². The molecule has 0 unspecified atom stereocenters. The van der Waals surface area contributed by atoms with E-state index >= 15 is 0 Å². The van der Waals surface area contributed by atoms with Crippen molar-refractivity contribution in [2.45, 2.75) is 45.7 Å². The maximum atomic E-state index is 12.8. The zero-order valence-electron chi connectivity index (χ0n) is 15.7. The van der Waals surface area contributed by atoms with Gasteiger partial charge in [-0.3, -0.25) is 9.48 Å². The van der Waals surface area contributed by atoms with E-state index in [1.165, 1.54) is 24.1 Å². The summed E-state index contributed by atoms with van der Waals surface area (Å²) in [5.74, 6) is 0.00623. The van der Waals surface area contributed by atoms with E-state index in [9.17, 15) is 4.79 Å². The molecule has 0 atom stereocenters. The minimum Gasteiger partial charge on any atom is -0.371 e. The average Bonchev–Trinajstić information content (AvgIpc) is 3.26. The number of hydrogen-bond donors (Lipinski definition) is 0. The standard InChI is InChI=1S/C20H28N4O/c1-20(2,3)24-15-17(13-21-24)19(25)22(4)14-16-9-5-6-10-18(16)23-11-7-8-12-23/h5-6,9-10,13,15H,7-8,11-12,14H2,1-4H3. The van der Waals surface area contributed by atoms with Crippen LogP contribution in [0.25, 0.3) is 0 Å². The van der Waals surface area contributed by atoms with Gasteiger partial charge < -0.3 is 9.80 Å². The number of amides is 1. The van der Waals surface area contributed by atoms with Gasteiger partial charge in [-0.1, -0.05) is 18.2 Å². The van der Waals surface area contributed by atoms with Crippen molar-refractivity contribution >= 4 is 11.6 Å². The van der Waals surface area contributed by atoms with Gasteiger partial charge in [0.1, 0.15) is 0 Å². The molecule has 25 heavy (non-hydrogen) atoms. The average molecular weight is 340 g/mol. The number of carbonyl (C=O) groups is 1. The summed E-state index contributed by atoms with van der Waals surface area (Å²) in [4.78, 5) is 17.0. The van der Waals surface area contributed by atoms with Gasteiger partial charge >= 0.3 is 0 Å². The second-order valence-electron chi connectivity index (χ2n) is 7.83. The van der Waals surface area contributed by atoms with Crippen LogP contribution in [0.3, 0.4) is 0 Å². The van der Waals surface area contributed by atoms with Crippen molar-refractivity contribution in [2.75, 3.05) is 25.0 Å². The van der Waals surface area contributed by atoms with E-state index in [4.69, 9.17) is 0 Å². The maximum Gasteiger partial charge on any atom is 0.257 e. The molecule has 0 spiro atoms. The van der Waals surface area contributed by atoms with Crippen LogP contribution in [0.4, 0.5) is 5.69 Å². The predicted molar refractivity (Wildman–Crippen MR) is 101 cm³/mol. The molecule has 2 aromatic rings. The van der Waals surface area contributed by atoms with Gasteiger partial charge in [0.15, 0.2) is 0 Å². The molecule has 0 aliphatic carbocycles. The Morgan fingerprint density at radius 1 is 1.20 bits per heavy atom. The third-order valence-corrected chi connectivity index (χ3v) is 4.71. The molecule has 1 aliphatic heterocycles. The molecule has 1 saturated heterocycles. The van der Waals surface area contributed by atoms with Crippen molar-refractivity contribution < 1.29 is 4.79 Å². The third-order valence-electron chi connectivity index (χ3n) is 4.71. The summed E-state index contributed by atoms with van der Waals surface area (Å²) in [6.07, 6.45) is 5.99.